The van der Waals surface area contributed by atoms with Crippen LogP contribution in [0.15, 0.2) is 35.9 Å². The van der Waals surface area contributed by atoms with Crippen molar-refractivity contribution < 1.29 is 4.39 Å². The molecule has 0 bridgehead atoms. The second kappa shape index (κ2) is 6.95. The predicted octanol–water partition coefficient (Wildman–Crippen LogP) is 3.38. The topological polar surface area (TPSA) is 98.5 Å². The number of nitrogens with zero attached hydrogens (tertiary/aromatic N) is 4. The highest BCUT2D eigenvalue weighted by molar-refractivity contribution is 6.00. The molecule has 1 aromatic carbocycles. The first kappa shape index (κ1) is 18.8. The van der Waals surface area contributed by atoms with E-state index < -0.39 is 23.1 Å². The molecule has 1 N–H and O–H groups in total. The van der Waals surface area contributed by atoms with Gasteiger partial charge in [-0.1, -0.05) is 18.2 Å². The molecular weight excluding hydrogens is 341 g/mol. The van der Waals surface area contributed by atoms with Gasteiger partial charge in [0.25, 0.3) is 0 Å². The fraction of sp³-hybridized carbons (Fsp3) is 0.429. The Morgan fingerprint density at radius 2 is 1.81 bits per heavy atom. The molecule has 1 aliphatic heterocycles. The summed E-state index contributed by atoms with van der Waals surface area (Å²) >= 11 is 0. The average Bonchev–Trinajstić information content (AvgIpc) is 2.67. The molecule has 0 radical (unpaired) electrons. The molecule has 0 saturated heterocycles. The molecule has 3 atom stereocenters. The third-order valence-corrected chi connectivity index (χ3v) is 5.78. The Kier molecular flexibility index (Phi) is 4.83. The number of halogens is 1. The van der Waals surface area contributed by atoms with Crippen molar-refractivity contribution in [2.75, 3.05) is 13.1 Å². The Morgan fingerprint density at radius 1 is 1.19 bits per heavy atom. The monoisotopic (exact) mass is 361 g/mol. The van der Waals surface area contributed by atoms with E-state index in [0.29, 0.717) is 18.7 Å². The number of nitrogens with one attached hydrogen (secondary N) is 1. The van der Waals surface area contributed by atoms with Crippen molar-refractivity contribution in [1.29, 1.82) is 21.2 Å². The predicted molar refractivity (Wildman–Crippen MR) is 97.9 cm³/mol. The number of rotatable bonds is 2. The van der Waals surface area contributed by atoms with Gasteiger partial charge in [0.2, 0.25) is 0 Å². The van der Waals surface area contributed by atoms with Gasteiger partial charge in [0.1, 0.15) is 11.7 Å². The van der Waals surface area contributed by atoms with Crippen LogP contribution in [0.25, 0.3) is 0 Å². The summed E-state index contributed by atoms with van der Waals surface area (Å²) in [7, 11) is 0. The molecule has 6 heteroatoms. The van der Waals surface area contributed by atoms with Gasteiger partial charge >= 0.3 is 0 Å². The molecule has 1 heterocycles. The Hall–Kier alpha value is -3.01. The zero-order chi connectivity index (χ0) is 19.8. The Labute approximate surface area is 158 Å². The molecule has 1 fully saturated rings. The van der Waals surface area contributed by atoms with Gasteiger partial charge in [-0.15, -0.1) is 0 Å². The third kappa shape index (κ3) is 2.81. The minimum Gasteiger partial charge on any atom is -0.305 e. The second-order valence-corrected chi connectivity index (χ2v) is 7.39. The normalized spacial score (nSPS) is 27.1. The van der Waals surface area contributed by atoms with Crippen LogP contribution in [0, 0.1) is 62.5 Å². The summed E-state index contributed by atoms with van der Waals surface area (Å²) in [6.45, 7) is 5.39. The van der Waals surface area contributed by atoms with Gasteiger partial charge in [0.15, 0.2) is 5.41 Å². The maximum absolute atomic E-state index is 13.5. The van der Waals surface area contributed by atoms with Crippen LogP contribution in [0.2, 0.25) is 0 Å². The van der Waals surface area contributed by atoms with Gasteiger partial charge in [0.05, 0.1) is 23.9 Å². The van der Waals surface area contributed by atoms with Gasteiger partial charge < -0.3 is 5.41 Å². The molecule has 5 nitrogen and oxygen atoms in total. The Bertz CT molecular complexity index is 896. The first-order chi connectivity index (χ1) is 12.9. The first-order valence-corrected chi connectivity index (χ1v) is 8.90. The molecule has 27 heavy (non-hydrogen) atoms. The molecule has 0 aromatic heterocycles. The van der Waals surface area contributed by atoms with E-state index in [2.05, 4.69) is 24.8 Å². The van der Waals surface area contributed by atoms with Gasteiger partial charge in [-0.3, -0.25) is 4.90 Å². The van der Waals surface area contributed by atoms with Crippen molar-refractivity contribution in [3.63, 3.8) is 0 Å². The lowest BCUT2D eigenvalue weighted by Gasteiger charge is -2.48. The molecule has 0 spiro atoms. The van der Waals surface area contributed by atoms with Crippen molar-refractivity contribution in [3.05, 3.63) is 47.3 Å². The van der Waals surface area contributed by atoms with Crippen LogP contribution in [-0.4, -0.2) is 29.7 Å². The van der Waals surface area contributed by atoms with E-state index in [0.717, 1.165) is 5.57 Å². The van der Waals surface area contributed by atoms with E-state index in [1.54, 1.807) is 12.1 Å². The highest BCUT2D eigenvalue weighted by atomic mass is 19.1. The van der Waals surface area contributed by atoms with E-state index in [9.17, 15) is 20.2 Å². The zero-order valence-corrected chi connectivity index (χ0v) is 15.3. The highest BCUT2D eigenvalue weighted by Crippen LogP contribution is 2.53. The van der Waals surface area contributed by atoms with Gasteiger partial charge in [-0.25, -0.2) is 4.39 Å². The average molecular weight is 361 g/mol. The number of hydrogen-bond donors (Lipinski definition) is 1. The Balaban J connectivity index is 2.23. The van der Waals surface area contributed by atoms with Crippen LogP contribution in [0.4, 0.5) is 4.39 Å². The van der Waals surface area contributed by atoms with Crippen molar-refractivity contribution in [2.45, 2.75) is 25.8 Å². The fourth-order valence-corrected chi connectivity index (χ4v) is 4.30. The van der Waals surface area contributed by atoms with Crippen LogP contribution in [0.1, 0.15) is 25.3 Å². The third-order valence-electron chi connectivity index (χ3n) is 5.78. The fourth-order valence-electron chi connectivity index (χ4n) is 4.30. The summed E-state index contributed by atoms with van der Waals surface area (Å²) in [6.07, 6.45) is 1.96. The highest BCUT2D eigenvalue weighted by Gasteiger charge is 2.57. The standard InChI is InChI=1S/C21H20FN5/c1-13(2)27-8-7-16-17(9-23)20(26)21(11-24,12-25)19(18(16)10-27)14-3-5-15(22)6-4-14/h3-7,13,17-19,26H,8,10H2,1-2H3/t17?,18-,19+/m0/s1. The van der Waals surface area contributed by atoms with Crippen molar-refractivity contribution >= 4 is 5.71 Å². The van der Waals surface area contributed by atoms with Gasteiger partial charge in [-0.2, -0.15) is 15.8 Å². The molecule has 2 aliphatic rings. The summed E-state index contributed by atoms with van der Waals surface area (Å²) in [6, 6.07) is 12.3. The quantitative estimate of drug-likeness (QED) is 0.816. The maximum Gasteiger partial charge on any atom is 0.189 e. The van der Waals surface area contributed by atoms with E-state index in [-0.39, 0.29) is 17.7 Å². The van der Waals surface area contributed by atoms with E-state index in [1.807, 2.05) is 18.2 Å². The SMILES string of the molecule is CC(C)N1CC=C2C(C#N)C(=N)C(C#N)(C#N)[C@H](c3ccc(F)cc3)[C@H]2C1. The molecule has 1 unspecified atom stereocenters. The van der Waals surface area contributed by atoms with E-state index in [4.69, 9.17) is 5.41 Å². The largest absolute Gasteiger partial charge is 0.305 e. The van der Waals surface area contributed by atoms with Crippen LogP contribution in [0.5, 0.6) is 0 Å². The van der Waals surface area contributed by atoms with Crippen molar-refractivity contribution in [2.24, 2.45) is 17.3 Å². The van der Waals surface area contributed by atoms with E-state index >= 15 is 0 Å². The summed E-state index contributed by atoms with van der Waals surface area (Å²) in [5.74, 6) is -2.16. The molecule has 136 valence electrons. The summed E-state index contributed by atoms with van der Waals surface area (Å²) < 4.78 is 13.5. The van der Waals surface area contributed by atoms with Gasteiger partial charge in [-0.05, 0) is 37.1 Å². The maximum atomic E-state index is 13.5. The molecule has 3 rings (SSSR count). The lowest BCUT2D eigenvalue weighted by Crippen LogP contribution is -2.53. The number of hydrogen-bond acceptors (Lipinski definition) is 5. The molecule has 0 amide bonds. The van der Waals surface area contributed by atoms with Crippen molar-refractivity contribution in [1.82, 2.24) is 4.90 Å². The van der Waals surface area contributed by atoms with Gasteiger partial charge in [0, 0.05) is 31.0 Å². The lowest BCUT2D eigenvalue weighted by atomic mass is 9.54. The zero-order valence-electron chi connectivity index (χ0n) is 15.3. The van der Waals surface area contributed by atoms with Crippen LogP contribution in [0.3, 0.4) is 0 Å². The molecular formula is C21H20FN5. The summed E-state index contributed by atoms with van der Waals surface area (Å²) in [5.41, 5.74) is -0.484. The molecule has 1 saturated carbocycles. The lowest BCUT2D eigenvalue weighted by molar-refractivity contribution is 0.171. The first-order valence-electron chi connectivity index (χ1n) is 8.90. The second-order valence-electron chi connectivity index (χ2n) is 7.39. The minimum absolute atomic E-state index is 0.176. The van der Waals surface area contributed by atoms with Crippen molar-refractivity contribution in [3.8, 4) is 18.2 Å². The molecule has 1 aromatic rings. The Morgan fingerprint density at radius 3 is 2.33 bits per heavy atom. The van der Waals surface area contributed by atoms with Crippen LogP contribution in [-0.2, 0) is 0 Å². The number of fused-ring (bicyclic) bond motifs is 1. The van der Waals surface area contributed by atoms with E-state index in [1.165, 1.54) is 12.1 Å². The molecule has 1 aliphatic carbocycles. The number of nitriles is 3. The minimum atomic E-state index is -1.75. The number of benzene rings is 1. The summed E-state index contributed by atoms with van der Waals surface area (Å²) in [5, 5.41) is 38.1. The summed E-state index contributed by atoms with van der Waals surface area (Å²) in [4.78, 5) is 2.22. The van der Waals surface area contributed by atoms with Crippen LogP contribution < -0.4 is 0 Å². The smallest absolute Gasteiger partial charge is 0.189 e. The van der Waals surface area contributed by atoms with Crippen LogP contribution >= 0.6 is 0 Å².